The Labute approximate surface area is 136 Å². The largest absolute Gasteiger partial charge is 0.397 e. The third-order valence-corrected chi connectivity index (χ3v) is 3.79. The van der Waals surface area contributed by atoms with E-state index in [-0.39, 0.29) is 0 Å². The molecule has 3 N–H and O–H groups in total. The van der Waals surface area contributed by atoms with Gasteiger partial charge < -0.3 is 11.1 Å². The minimum absolute atomic E-state index is 0.353. The molecule has 0 saturated carbocycles. The van der Waals surface area contributed by atoms with Crippen molar-refractivity contribution in [2.45, 2.75) is 33.7 Å². The van der Waals surface area contributed by atoms with E-state index in [0.29, 0.717) is 23.1 Å². The number of benzene rings is 1. The first kappa shape index (κ1) is 16.2. The van der Waals surface area contributed by atoms with Crippen molar-refractivity contribution in [2.24, 2.45) is 0 Å². The molecule has 4 heteroatoms. The van der Waals surface area contributed by atoms with E-state index in [0.717, 1.165) is 12.1 Å². The number of nitrogens with two attached hydrogens (primary N) is 1. The second-order valence-electron chi connectivity index (χ2n) is 5.05. The number of pyridine rings is 1. The van der Waals surface area contributed by atoms with Crippen molar-refractivity contribution in [3.8, 4) is 11.8 Å². The van der Waals surface area contributed by atoms with Gasteiger partial charge in [-0.2, -0.15) is 0 Å². The first-order chi connectivity index (χ1) is 10.6. The topological polar surface area (TPSA) is 50.9 Å². The molecule has 114 valence electrons. The lowest BCUT2D eigenvalue weighted by Gasteiger charge is -2.15. The Morgan fingerprint density at radius 2 is 2.14 bits per heavy atom. The number of nitrogens with zero attached hydrogens (tertiary/aromatic N) is 1. The maximum absolute atomic E-state index is 6.07. The molecule has 3 nitrogen and oxygen atoms in total. The summed E-state index contributed by atoms with van der Waals surface area (Å²) in [6.45, 7) is 6.72. The number of halogens is 1. The summed E-state index contributed by atoms with van der Waals surface area (Å²) in [6.07, 6.45) is 0.995. The molecule has 2 rings (SSSR count). The molecular weight excluding hydrogens is 294 g/mol. The third-order valence-electron chi connectivity index (χ3n) is 3.59. The molecule has 22 heavy (non-hydrogen) atoms. The Balaban J connectivity index is 2.34. The quantitative estimate of drug-likeness (QED) is 0.658. The first-order valence-corrected chi connectivity index (χ1v) is 7.64. The van der Waals surface area contributed by atoms with Gasteiger partial charge in [0.05, 0.1) is 11.4 Å². The van der Waals surface area contributed by atoms with Gasteiger partial charge in [-0.25, -0.2) is 4.98 Å². The highest BCUT2D eigenvalue weighted by atomic mass is 35.5. The van der Waals surface area contributed by atoms with Crippen LogP contribution in [0.1, 0.15) is 36.2 Å². The van der Waals surface area contributed by atoms with Crippen molar-refractivity contribution in [1.82, 2.24) is 4.98 Å². The fourth-order valence-corrected chi connectivity index (χ4v) is 2.65. The molecule has 0 fully saturated rings. The van der Waals surface area contributed by atoms with Crippen molar-refractivity contribution in [1.29, 1.82) is 0 Å². The number of hydrogen-bond donors (Lipinski definition) is 2. The van der Waals surface area contributed by atoms with Gasteiger partial charge in [0, 0.05) is 12.6 Å². The lowest BCUT2D eigenvalue weighted by Crippen LogP contribution is -2.09. The van der Waals surface area contributed by atoms with Gasteiger partial charge in [-0.1, -0.05) is 42.6 Å². The summed E-state index contributed by atoms with van der Waals surface area (Å²) in [5.41, 5.74) is 11.8. The first-order valence-electron chi connectivity index (χ1n) is 7.26. The van der Waals surface area contributed by atoms with Gasteiger partial charge in [0.25, 0.3) is 0 Å². The van der Waals surface area contributed by atoms with Crippen molar-refractivity contribution in [3.63, 3.8) is 0 Å². The van der Waals surface area contributed by atoms with E-state index >= 15 is 0 Å². The van der Waals surface area contributed by atoms with E-state index in [1.165, 1.54) is 16.7 Å². The number of anilines is 2. The number of aromatic nitrogens is 1. The summed E-state index contributed by atoms with van der Waals surface area (Å²) in [6, 6.07) is 8.00. The number of nitrogen functional groups attached to an aromatic ring is 1. The average Bonchev–Trinajstić information content (AvgIpc) is 2.47. The molecule has 1 aromatic heterocycles. The zero-order valence-corrected chi connectivity index (χ0v) is 13.9. The Bertz CT molecular complexity index is 742. The van der Waals surface area contributed by atoms with Crippen LogP contribution < -0.4 is 11.1 Å². The van der Waals surface area contributed by atoms with Gasteiger partial charge in [-0.15, -0.1) is 0 Å². The Hall–Kier alpha value is -2.18. The van der Waals surface area contributed by atoms with Crippen molar-refractivity contribution < 1.29 is 0 Å². The van der Waals surface area contributed by atoms with E-state index in [1.807, 2.05) is 0 Å². The van der Waals surface area contributed by atoms with Crippen LogP contribution in [0, 0.1) is 18.8 Å². The van der Waals surface area contributed by atoms with Crippen LogP contribution >= 0.6 is 11.6 Å². The summed E-state index contributed by atoms with van der Waals surface area (Å²) in [5, 5.41) is 3.73. The molecule has 0 aliphatic carbocycles. The molecule has 0 unspecified atom stereocenters. The predicted molar refractivity (Wildman–Crippen MR) is 94.1 cm³/mol. The summed E-state index contributed by atoms with van der Waals surface area (Å²) >= 11 is 5.96. The van der Waals surface area contributed by atoms with Crippen LogP contribution in [0.5, 0.6) is 0 Å². The van der Waals surface area contributed by atoms with Crippen molar-refractivity contribution in [3.05, 3.63) is 51.8 Å². The van der Waals surface area contributed by atoms with E-state index in [1.54, 1.807) is 13.0 Å². The zero-order valence-electron chi connectivity index (χ0n) is 13.1. The predicted octanol–water partition coefficient (Wildman–Crippen LogP) is 4.17. The van der Waals surface area contributed by atoms with E-state index in [9.17, 15) is 0 Å². The molecule has 0 saturated heterocycles. The second kappa shape index (κ2) is 7.20. The molecule has 2 aromatic rings. The van der Waals surface area contributed by atoms with Gasteiger partial charge in [-0.05, 0) is 42.9 Å². The minimum atomic E-state index is 0.353. The Kier molecular flexibility index (Phi) is 5.30. The lowest BCUT2D eigenvalue weighted by atomic mass is 10.00. The molecule has 0 spiro atoms. The highest BCUT2D eigenvalue weighted by Crippen LogP contribution is 2.26. The third kappa shape index (κ3) is 3.52. The van der Waals surface area contributed by atoms with E-state index < -0.39 is 0 Å². The molecule has 1 aromatic carbocycles. The normalized spacial score (nSPS) is 10.0. The monoisotopic (exact) mass is 313 g/mol. The van der Waals surface area contributed by atoms with Gasteiger partial charge >= 0.3 is 0 Å². The fraction of sp³-hybridized carbons (Fsp3) is 0.278. The Morgan fingerprint density at radius 1 is 1.36 bits per heavy atom. The molecule has 0 aliphatic heterocycles. The van der Waals surface area contributed by atoms with E-state index in [2.05, 4.69) is 54.2 Å². The maximum Gasteiger partial charge on any atom is 0.140 e. The number of aryl methyl sites for hydroxylation is 2. The molecule has 0 atom stereocenters. The van der Waals surface area contributed by atoms with Gasteiger partial charge in [0.1, 0.15) is 10.8 Å². The molecular formula is C18H20ClN3. The van der Waals surface area contributed by atoms with Crippen LogP contribution in [0.3, 0.4) is 0 Å². The molecule has 0 aliphatic rings. The van der Waals surface area contributed by atoms with E-state index in [4.69, 9.17) is 17.3 Å². The highest BCUT2D eigenvalue weighted by Gasteiger charge is 2.10. The van der Waals surface area contributed by atoms with Crippen LogP contribution in [0.2, 0.25) is 5.15 Å². The SMILES string of the molecule is CC#Cc1nc(Cl)cc(N)c1NCc1c(C)cccc1CC. The highest BCUT2D eigenvalue weighted by molar-refractivity contribution is 6.29. The zero-order chi connectivity index (χ0) is 16.1. The maximum atomic E-state index is 6.07. The molecule has 1 heterocycles. The summed E-state index contributed by atoms with van der Waals surface area (Å²) in [4.78, 5) is 4.25. The van der Waals surface area contributed by atoms with Crippen LogP contribution in [-0.4, -0.2) is 4.98 Å². The average molecular weight is 314 g/mol. The standard InChI is InChI=1S/C18H20ClN3/c1-4-7-16-18(15(20)10-17(19)22-16)21-11-14-12(3)8-6-9-13(14)5-2/h6,8-10,21H,5,11H2,1-3H3,(H2,20,22). The lowest BCUT2D eigenvalue weighted by molar-refractivity contribution is 1.02. The number of nitrogens with one attached hydrogen (secondary N) is 1. The summed E-state index contributed by atoms with van der Waals surface area (Å²) in [7, 11) is 0. The molecule has 0 radical (unpaired) electrons. The summed E-state index contributed by atoms with van der Waals surface area (Å²) in [5.74, 6) is 5.79. The minimum Gasteiger partial charge on any atom is -0.397 e. The van der Waals surface area contributed by atoms with Crippen molar-refractivity contribution >= 4 is 23.0 Å². The number of rotatable bonds is 4. The summed E-state index contributed by atoms with van der Waals surface area (Å²) < 4.78 is 0. The van der Waals surface area contributed by atoms with Crippen LogP contribution in [0.15, 0.2) is 24.3 Å². The van der Waals surface area contributed by atoms with Crippen LogP contribution in [0.25, 0.3) is 0 Å². The van der Waals surface area contributed by atoms with Crippen LogP contribution in [0.4, 0.5) is 11.4 Å². The fourth-order valence-electron chi connectivity index (χ4n) is 2.45. The molecule has 0 bridgehead atoms. The molecule has 0 amide bonds. The second-order valence-corrected chi connectivity index (χ2v) is 5.44. The Morgan fingerprint density at radius 3 is 2.82 bits per heavy atom. The van der Waals surface area contributed by atoms with Gasteiger partial charge in [0.2, 0.25) is 0 Å². The van der Waals surface area contributed by atoms with Crippen LogP contribution in [-0.2, 0) is 13.0 Å². The van der Waals surface area contributed by atoms with Gasteiger partial charge in [0.15, 0.2) is 0 Å². The number of hydrogen-bond acceptors (Lipinski definition) is 3. The van der Waals surface area contributed by atoms with Crippen molar-refractivity contribution in [2.75, 3.05) is 11.1 Å². The van der Waals surface area contributed by atoms with Gasteiger partial charge in [-0.3, -0.25) is 0 Å². The smallest absolute Gasteiger partial charge is 0.140 e.